The average Bonchev–Trinajstić information content (AvgIpc) is 2.17. The van der Waals surface area contributed by atoms with Crippen LogP contribution in [0, 0.1) is 0 Å². The van der Waals surface area contributed by atoms with Gasteiger partial charge in [0, 0.05) is 18.3 Å². The van der Waals surface area contributed by atoms with Gasteiger partial charge in [-0.1, -0.05) is 6.07 Å². The van der Waals surface area contributed by atoms with Gasteiger partial charge in [0.25, 0.3) is 0 Å². The number of hydrogen-bond donors (Lipinski definition) is 0. The molecule has 0 aromatic carbocycles. The van der Waals surface area contributed by atoms with Gasteiger partial charge in [0.1, 0.15) is 5.78 Å². The number of fused-ring (bicyclic) bond motifs is 1. The second kappa shape index (κ2) is 3.91. The Morgan fingerprint density at radius 3 is 3.00 bits per heavy atom. The molecule has 0 N–H and O–H groups in total. The molecule has 0 aliphatic heterocycles. The Morgan fingerprint density at radius 1 is 1.43 bits per heavy atom. The van der Waals surface area contributed by atoms with Crippen LogP contribution in [0.2, 0.25) is 0 Å². The molecule has 1 aliphatic carbocycles. The molecule has 0 saturated carbocycles. The first-order valence-corrected chi connectivity index (χ1v) is 5.22. The van der Waals surface area contributed by atoms with Crippen molar-refractivity contribution in [1.82, 2.24) is 4.98 Å². The van der Waals surface area contributed by atoms with Gasteiger partial charge in [-0.15, -0.1) is 0 Å². The van der Waals surface area contributed by atoms with Crippen LogP contribution in [0.5, 0.6) is 0 Å². The van der Waals surface area contributed by atoms with Crippen molar-refractivity contribution < 1.29 is 4.79 Å². The molecular formula is C12H15NO. The minimum absolute atomic E-state index is 0.211. The van der Waals surface area contributed by atoms with Crippen molar-refractivity contribution in [1.29, 1.82) is 0 Å². The van der Waals surface area contributed by atoms with Crippen molar-refractivity contribution in [3.05, 3.63) is 29.1 Å². The summed E-state index contributed by atoms with van der Waals surface area (Å²) in [6.45, 7) is 1.62. The van der Waals surface area contributed by atoms with Gasteiger partial charge in [0.2, 0.25) is 0 Å². The lowest BCUT2D eigenvalue weighted by Gasteiger charge is -2.14. The number of carbonyl (C=O) groups excluding carboxylic acids is 1. The summed E-state index contributed by atoms with van der Waals surface area (Å²) in [7, 11) is 0. The van der Waals surface area contributed by atoms with Gasteiger partial charge in [0.15, 0.2) is 0 Å². The highest BCUT2D eigenvalue weighted by atomic mass is 16.1. The van der Waals surface area contributed by atoms with Gasteiger partial charge in [0.05, 0.1) is 0 Å². The van der Waals surface area contributed by atoms with Crippen LogP contribution >= 0.6 is 0 Å². The molecule has 1 aromatic heterocycles. The summed E-state index contributed by atoms with van der Waals surface area (Å²) in [5, 5.41) is 0. The van der Waals surface area contributed by atoms with Crippen LogP contribution in [-0.4, -0.2) is 10.8 Å². The number of Topliss-reactive ketones (excluding diaryl/α,β-unsaturated/α-hetero) is 1. The van der Waals surface area contributed by atoms with E-state index in [4.69, 9.17) is 0 Å². The van der Waals surface area contributed by atoms with Gasteiger partial charge < -0.3 is 0 Å². The Kier molecular flexibility index (Phi) is 2.62. The predicted octanol–water partition coefficient (Wildman–Crippen LogP) is 2.09. The third-order valence-electron chi connectivity index (χ3n) is 2.68. The molecule has 2 rings (SSSR count). The minimum atomic E-state index is 0.211. The Balaban J connectivity index is 2.24. The molecule has 1 aromatic rings. The largest absolute Gasteiger partial charge is 0.300 e. The van der Waals surface area contributed by atoms with E-state index < -0.39 is 0 Å². The zero-order chi connectivity index (χ0) is 9.97. The summed E-state index contributed by atoms with van der Waals surface area (Å²) in [5.41, 5.74) is 3.66. The SMILES string of the molecule is CC(=O)Cc1cnc2c(c1)CCCC2. The summed E-state index contributed by atoms with van der Waals surface area (Å²) in [6.07, 6.45) is 7.14. The van der Waals surface area contributed by atoms with Crippen LogP contribution in [0.15, 0.2) is 12.3 Å². The van der Waals surface area contributed by atoms with E-state index >= 15 is 0 Å². The summed E-state index contributed by atoms with van der Waals surface area (Å²) < 4.78 is 0. The van der Waals surface area contributed by atoms with E-state index in [1.54, 1.807) is 6.92 Å². The van der Waals surface area contributed by atoms with E-state index in [9.17, 15) is 4.79 Å². The lowest BCUT2D eigenvalue weighted by Crippen LogP contribution is -2.07. The lowest BCUT2D eigenvalue weighted by atomic mass is 9.94. The fourth-order valence-electron chi connectivity index (χ4n) is 2.02. The number of nitrogens with zero attached hydrogens (tertiary/aromatic N) is 1. The Hall–Kier alpha value is -1.18. The molecule has 0 spiro atoms. The molecule has 0 amide bonds. The first-order valence-electron chi connectivity index (χ1n) is 5.22. The maximum absolute atomic E-state index is 11.0. The maximum atomic E-state index is 11.0. The Labute approximate surface area is 84.4 Å². The van der Waals surface area contributed by atoms with E-state index in [0.29, 0.717) is 6.42 Å². The van der Waals surface area contributed by atoms with Crippen molar-refractivity contribution in [2.75, 3.05) is 0 Å². The van der Waals surface area contributed by atoms with Crippen LogP contribution < -0.4 is 0 Å². The highest BCUT2D eigenvalue weighted by molar-refractivity contribution is 5.78. The maximum Gasteiger partial charge on any atom is 0.134 e. The molecule has 0 atom stereocenters. The fraction of sp³-hybridized carbons (Fsp3) is 0.500. The first kappa shape index (κ1) is 9.38. The van der Waals surface area contributed by atoms with Crippen LogP contribution in [0.1, 0.15) is 36.6 Å². The van der Waals surface area contributed by atoms with Gasteiger partial charge in [-0.25, -0.2) is 0 Å². The molecule has 0 fully saturated rings. The molecule has 0 saturated heterocycles. The number of aromatic nitrogens is 1. The van der Waals surface area contributed by atoms with Crippen LogP contribution in [0.3, 0.4) is 0 Å². The molecule has 2 nitrogen and oxygen atoms in total. The summed E-state index contributed by atoms with van der Waals surface area (Å²) >= 11 is 0. The second-order valence-electron chi connectivity index (χ2n) is 4.04. The van der Waals surface area contributed by atoms with Crippen LogP contribution in [-0.2, 0) is 24.1 Å². The van der Waals surface area contributed by atoms with Crippen molar-refractivity contribution in [3.63, 3.8) is 0 Å². The van der Waals surface area contributed by atoms with E-state index in [-0.39, 0.29) is 5.78 Å². The predicted molar refractivity (Wildman–Crippen MR) is 55.3 cm³/mol. The summed E-state index contributed by atoms with van der Waals surface area (Å²) in [4.78, 5) is 15.4. The Bertz CT molecular complexity index is 357. The van der Waals surface area contributed by atoms with Crippen LogP contribution in [0.25, 0.3) is 0 Å². The van der Waals surface area contributed by atoms with E-state index in [1.165, 1.54) is 24.1 Å². The number of hydrogen-bond acceptors (Lipinski definition) is 2. The van der Waals surface area contributed by atoms with Gasteiger partial charge in [-0.05, 0) is 43.7 Å². The Morgan fingerprint density at radius 2 is 2.21 bits per heavy atom. The standard InChI is InChI=1S/C12H15NO/c1-9(14)6-10-7-11-4-2-3-5-12(11)13-8-10/h7-8H,2-6H2,1H3. The first-order chi connectivity index (χ1) is 6.75. The van der Waals surface area contributed by atoms with E-state index in [2.05, 4.69) is 11.1 Å². The van der Waals surface area contributed by atoms with E-state index in [1.807, 2.05) is 6.20 Å². The molecule has 0 bridgehead atoms. The topological polar surface area (TPSA) is 30.0 Å². The molecule has 1 heterocycles. The van der Waals surface area contributed by atoms with Gasteiger partial charge in [-0.3, -0.25) is 9.78 Å². The normalized spacial score (nSPS) is 14.9. The van der Waals surface area contributed by atoms with Crippen LogP contribution in [0.4, 0.5) is 0 Å². The molecule has 14 heavy (non-hydrogen) atoms. The number of rotatable bonds is 2. The fourth-order valence-corrected chi connectivity index (χ4v) is 2.02. The number of aryl methyl sites for hydroxylation is 2. The minimum Gasteiger partial charge on any atom is -0.300 e. The summed E-state index contributed by atoms with van der Waals surface area (Å²) in [6, 6.07) is 2.16. The van der Waals surface area contributed by atoms with Crippen molar-refractivity contribution in [3.8, 4) is 0 Å². The molecule has 2 heteroatoms. The van der Waals surface area contributed by atoms with Gasteiger partial charge in [-0.2, -0.15) is 0 Å². The number of pyridine rings is 1. The van der Waals surface area contributed by atoms with Gasteiger partial charge >= 0.3 is 0 Å². The molecule has 0 radical (unpaired) electrons. The molecule has 74 valence electrons. The highest BCUT2D eigenvalue weighted by Gasteiger charge is 2.11. The number of ketones is 1. The third-order valence-corrected chi connectivity index (χ3v) is 2.68. The number of carbonyl (C=O) groups is 1. The molecular weight excluding hydrogens is 174 g/mol. The highest BCUT2D eigenvalue weighted by Crippen LogP contribution is 2.20. The average molecular weight is 189 g/mol. The quantitative estimate of drug-likeness (QED) is 0.713. The zero-order valence-corrected chi connectivity index (χ0v) is 8.55. The molecule has 0 unspecified atom stereocenters. The molecule has 1 aliphatic rings. The van der Waals surface area contributed by atoms with Crippen molar-refractivity contribution >= 4 is 5.78 Å². The third kappa shape index (κ3) is 2.00. The second-order valence-corrected chi connectivity index (χ2v) is 4.04. The zero-order valence-electron chi connectivity index (χ0n) is 8.55. The monoisotopic (exact) mass is 189 g/mol. The van der Waals surface area contributed by atoms with Crippen molar-refractivity contribution in [2.45, 2.75) is 39.0 Å². The summed E-state index contributed by atoms with van der Waals surface area (Å²) in [5.74, 6) is 0.211. The van der Waals surface area contributed by atoms with Crippen molar-refractivity contribution in [2.24, 2.45) is 0 Å². The van der Waals surface area contributed by atoms with E-state index in [0.717, 1.165) is 18.4 Å². The lowest BCUT2D eigenvalue weighted by molar-refractivity contribution is -0.116. The smallest absolute Gasteiger partial charge is 0.134 e.